The van der Waals surface area contributed by atoms with Gasteiger partial charge in [0.1, 0.15) is 0 Å². The third-order valence-corrected chi connectivity index (χ3v) is 3.43. The molecule has 1 saturated carbocycles. The Hall–Kier alpha value is -0.820. The van der Waals surface area contributed by atoms with Gasteiger partial charge in [-0.3, -0.25) is 0 Å². The number of fused-ring (bicyclic) bond motifs is 1. The van der Waals surface area contributed by atoms with Crippen LogP contribution >= 0.6 is 0 Å². The van der Waals surface area contributed by atoms with Crippen LogP contribution in [0.4, 0.5) is 0 Å². The van der Waals surface area contributed by atoms with Crippen LogP contribution in [0.15, 0.2) is 24.3 Å². The van der Waals surface area contributed by atoms with E-state index in [2.05, 4.69) is 30.7 Å². The highest BCUT2D eigenvalue weighted by Crippen LogP contribution is 2.35. The molecule has 0 heterocycles. The third kappa shape index (κ3) is 2.07. The van der Waals surface area contributed by atoms with Crippen molar-refractivity contribution in [3.63, 3.8) is 0 Å². The van der Waals surface area contributed by atoms with Gasteiger partial charge in [0, 0.05) is 12.5 Å². The number of benzene rings is 1. The van der Waals surface area contributed by atoms with E-state index in [4.69, 9.17) is 4.74 Å². The maximum atomic E-state index is 5.78. The molecule has 0 N–H and O–H groups in total. The molecule has 1 aromatic rings. The second-order valence-corrected chi connectivity index (χ2v) is 4.75. The summed E-state index contributed by atoms with van der Waals surface area (Å²) in [6.07, 6.45) is 6.26. The quantitative estimate of drug-likeness (QED) is 0.727. The van der Waals surface area contributed by atoms with Gasteiger partial charge in [-0.15, -0.1) is 0 Å². The van der Waals surface area contributed by atoms with Crippen LogP contribution in [0.1, 0.15) is 36.3 Å². The second kappa shape index (κ2) is 3.97. The summed E-state index contributed by atoms with van der Waals surface area (Å²) in [5.74, 6) is 1.49. The molecule has 3 rings (SSSR count). The van der Waals surface area contributed by atoms with Gasteiger partial charge in [-0.2, -0.15) is 0 Å². The van der Waals surface area contributed by atoms with Crippen molar-refractivity contribution in [2.75, 3.05) is 13.2 Å². The lowest BCUT2D eigenvalue weighted by Crippen LogP contribution is -2.06. The van der Waals surface area contributed by atoms with Crippen molar-refractivity contribution < 1.29 is 4.74 Å². The Morgan fingerprint density at radius 3 is 2.87 bits per heavy atom. The highest BCUT2D eigenvalue weighted by Gasteiger charge is 2.25. The van der Waals surface area contributed by atoms with Crippen molar-refractivity contribution in [2.24, 2.45) is 5.92 Å². The number of hydrogen-bond acceptors (Lipinski definition) is 1. The van der Waals surface area contributed by atoms with Crippen molar-refractivity contribution in [3.8, 4) is 0 Å². The normalized spacial score (nSPS) is 24.1. The summed E-state index contributed by atoms with van der Waals surface area (Å²) in [4.78, 5) is 0. The number of rotatable bonds is 4. The Morgan fingerprint density at radius 1 is 1.13 bits per heavy atom. The van der Waals surface area contributed by atoms with Gasteiger partial charge in [-0.05, 0) is 42.7 Å². The smallest absolute Gasteiger partial charge is 0.0535 e. The average molecular weight is 201 g/mol. The fraction of sp³-hybridized carbons (Fsp3) is 0.500. The van der Waals surface area contributed by atoms with E-state index >= 15 is 0 Å². The molecular weight excluding hydrogens is 184 g/mol. The fourth-order valence-corrected chi connectivity index (χ4v) is 2.28. The lowest BCUT2D eigenvalue weighted by Gasteiger charge is -2.11. The summed E-state index contributed by atoms with van der Waals surface area (Å²) in [5.41, 5.74) is 2.89. The Balaban J connectivity index is 1.58. The molecule has 15 heavy (non-hydrogen) atoms. The van der Waals surface area contributed by atoms with Gasteiger partial charge >= 0.3 is 0 Å². The summed E-state index contributed by atoms with van der Waals surface area (Å²) in [6, 6.07) is 8.69. The van der Waals surface area contributed by atoms with E-state index in [1.807, 2.05) is 0 Å². The van der Waals surface area contributed by atoms with E-state index in [1.165, 1.54) is 24.0 Å². The molecule has 1 radical (unpaired) electrons. The lowest BCUT2D eigenvalue weighted by atomic mass is 10.0. The molecule has 1 atom stereocenters. The molecular formula is C14H17O. The van der Waals surface area contributed by atoms with Crippen LogP contribution in [-0.4, -0.2) is 13.2 Å². The van der Waals surface area contributed by atoms with Gasteiger partial charge in [-0.1, -0.05) is 24.3 Å². The summed E-state index contributed by atoms with van der Waals surface area (Å²) < 4.78 is 5.78. The zero-order chi connectivity index (χ0) is 10.1. The van der Waals surface area contributed by atoms with Crippen molar-refractivity contribution in [2.45, 2.75) is 25.2 Å². The molecule has 1 fully saturated rings. The molecule has 2 aliphatic carbocycles. The predicted molar refractivity (Wildman–Crippen MR) is 60.7 cm³/mol. The molecule has 1 heteroatoms. The van der Waals surface area contributed by atoms with E-state index < -0.39 is 0 Å². The van der Waals surface area contributed by atoms with Crippen molar-refractivity contribution in [1.82, 2.24) is 0 Å². The van der Waals surface area contributed by atoms with Crippen molar-refractivity contribution in [1.29, 1.82) is 0 Å². The first kappa shape index (κ1) is 9.41. The molecule has 79 valence electrons. The summed E-state index contributed by atoms with van der Waals surface area (Å²) >= 11 is 0. The zero-order valence-corrected chi connectivity index (χ0v) is 8.99. The standard InChI is InChI=1S/C14H17O/c1-2-4-14-12(3-1)7-8-13(14)10-15-9-11-5-6-11/h1-4,7,11,13H,5-6,8-10H2/t13-/m1/s1. The SMILES string of the molecule is [CH]1C[C@H](COCC2CC2)c2ccccc21. The Labute approximate surface area is 91.5 Å². The van der Waals surface area contributed by atoms with Gasteiger partial charge in [0.15, 0.2) is 0 Å². The minimum atomic E-state index is 0.611. The predicted octanol–water partition coefficient (Wildman–Crippen LogP) is 3.15. The van der Waals surface area contributed by atoms with Gasteiger partial charge in [0.05, 0.1) is 6.61 Å². The number of hydrogen-bond donors (Lipinski definition) is 0. The molecule has 0 spiro atoms. The van der Waals surface area contributed by atoms with Gasteiger partial charge in [0.2, 0.25) is 0 Å². The van der Waals surface area contributed by atoms with Crippen LogP contribution in [0.2, 0.25) is 0 Å². The minimum absolute atomic E-state index is 0.611. The number of ether oxygens (including phenoxy) is 1. The molecule has 0 bridgehead atoms. The summed E-state index contributed by atoms with van der Waals surface area (Å²) in [7, 11) is 0. The third-order valence-electron chi connectivity index (χ3n) is 3.43. The molecule has 1 nitrogen and oxygen atoms in total. The first-order valence-corrected chi connectivity index (χ1v) is 5.93. The van der Waals surface area contributed by atoms with Crippen molar-refractivity contribution in [3.05, 3.63) is 41.8 Å². The molecule has 1 aromatic carbocycles. The van der Waals surface area contributed by atoms with Gasteiger partial charge < -0.3 is 4.74 Å². The second-order valence-electron chi connectivity index (χ2n) is 4.75. The summed E-state index contributed by atoms with van der Waals surface area (Å²) in [5, 5.41) is 0. The van der Waals surface area contributed by atoms with E-state index in [0.717, 1.165) is 25.6 Å². The topological polar surface area (TPSA) is 9.23 Å². The summed E-state index contributed by atoms with van der Waals surface area (Å²) in [6.45, 7) is 1.89. The van der Waals surface area contributed by atoms with Crippen LogP contribution in [0.5, 0.6) is 0 Å². The van der Waals surface area contributed by atoms with E-state index in [-0.39, 0.29) is 0 Å². The maximum Gasteiger partial charge on any atom is 0.0535 e. The molecule has 0 unspecified atom stereocenters. The first-order chi connectivity index (χ1) is 7.43. The maximum absolute atomic E-state index is 5.78. The highest BCUT2D eigenvalue weighted by molar-refractivity contribution is 5.41. The minimum Gasteiger partial charge on any atom is -0.381 e. The molecule has 2 aliphatic rings. The van der Waals surface area contributed by atoms with Crippen LogP contribution < -0.4 is 0 Å². The Kier molecular flexibility index (Phi) is 2.49. The molecule has 0 aromatic heterocycles. The fourth-order valence-electron chi connectivity index (χ4n) is 2.28. The van der Waals surface area contributed by atoms with Crippen LogP contribution in [0.3, 0.4) is 0 Å². The van der Waals surface area contributed by atoms with Crippen LogP contribution in [0, 0.1) is 12.3 Å². The van der Waals surface area contributed by atoms with E-state index in [9.17, 15) is 0 Å². The van der Waals surface area contributed by atoms with Crippen LogP contribution in [-0.2, 0) is 4.74 Å². The monoisotopic (exact) mass is 201 g/mol. The molecule has 0 aliphatic heterocycles. The highest BCUT2D eigenvalue weighted by atomic mass is 16.5. The lowest BCUT2D eigenvalue weighted by molar-refractivity contribution is 0.112. The van der Waals surface area contributed by atoms with Gasteiger partial charge in [-0.25, -0.2) is 0 Å². The van der Waals surface area contributed by atoms with E-state index in [1.54, 1.807) is 0 Å². The largest absolute Gasteiger partial charge is 0.381 e. The van der Waals surface area contributed by atoms with Gasteiger partial charge in [0.25, 0.3) is 0 Å². The molecule has 0 amide bonds. The Bertz CT molecular complexity index is 341. The average Bonchev–Trinajstić information content (AvgIpc) is 3.00. The zero-order valence-electron chi connectivity index (χ0n) is 8.99. The molecule has 0 saturated heterocycles. The first-order valence-electron chi connectivity index (χ1n) is 5.93. The Morgan fingerprint density at radius 2 is 2.00 bits per heavy atom. The van der Waals surface area contributed by atoms with Crippen molar-refractivity contribution >= 4 is 0 Å². The van der Waals surface area contributed by atoms with Crippen LogP contribution in [0.25, 0.3) is 0 Å². The van der Waals surface area contributed by atoms with E-state index in [0.29, 0.717) is 5.92 Å².